The molecule has 2 aromatic carbocycles. The van der Waals surface area contributed by atoms with Crippen molar-refractivity contribution < 1.29 is 15.3 Å². The Balaban J connectivity index is 2.29. The van der Waals surface area contributed by atoms with Crippen LogP contribution in [0.2, 0.25) is 0 Å². The molecule has 0 bridgehead atoms. The summed E-state index contributed by atoms with van der Waals surface area (Å²) in [5.41, 5.74) is 2.11. The van der Waals surface area contributed by atoms with Gasteiger partial charge in [0.1, 0.15) is 0 Å². The zero-order valence-electron chi connectivity index (χ0n) is 10.6. The summed E-state index contributed by atoms with van der Waals surface area (Å²) in [5, 5.41) is 28.5. The third-order valence-electron chi connectivity index (χ3n) is 3.09. The molecule has 3 heteroatoms. The second-order valence-corrected chi connectivity index (χ2v) is 4.42. The summed E-state index contributed by atoms with van der Waals surface area (Å²) in [6.45, 7) is 1.69. The maximum absolute atomic E-state index is 10.2. The van der Waals surface area contributed by atoms with Crippen LogP contribution >= 0.6 is 0 Å². The van der Waals surface area contributed by atoms with Crippen LogP contribution in [0.3, 0.4) is 0 Å². The van der Waals surface area contributed by atoms with E-state index in [4.69, 9.17) is 10.2 Å². The Hall–Kier alpha value is -1.68. The van der Waals surface area contributed by atoms with Gasteiger partial charge >= 0.3 is 0 Å². The van der Waals surface area contributed by atoms with Crippen LogP contribution in [0.15, 0.2) is 54.6 Å². The van der Waals surface area contributed by atoms with Crippen LogP contribution in [0.25, 0.3) is 0 Å². The quantitative estimate of drug-likeness (QED) is 0.786. The van der Waals surface area contributed by atoms with Crippen molar-refractivity contribution in [2.45, 2.75) is 12.8 Å². The van der Waals surface area contributed by atoms with Crippen molar-refractivity contribution in [3.05, 3.63) is 83.7 Å². The average Bonchev–Trinajstić information content (AvgIpc) is 2.46. The van der Waals surface area contributed by atoms with Gasteiger partial charge in [0.05, 0.1) is 0 Å². The molecule has 0 fully saturated rings. The molecule has 19 heavy (non-hydrogen) atoms. The van der Waals surface area contributed by atoms with Gasteiger partial charge in [-0.2, -0.15) is 0 Å². The predicted molar refractivity (Wildman–Crippen MR) is 71.8 cm³/mol. The van der Waals surface area contributed by atoms with E-state index in [-0.39, 0.29) is 6.10 Å². The molecule has 2 rings (SSSR count). The molecule has 2 radical (unpaired) electrons. The molecule has 1 atom stereocenters. The Labute approximate surface area is 112 Å². The Bertz CT molecular complexity index is 523. The SMILES string of the molecule is CC([C](O)O)c1cccc([C](O)c2ccccc2)c1. The second kappa shape index (κ2) is 5.97. The molecular weight excluding hydrogens is 240 g/mol. The van der Waals surface area contributed by atoms with Gasteiger partial charge in [0.2, 0.25) is 6.29 Å². The summed E-state index contributed by atoms with van der Waals surface area (Å²) in [5.74, 6) is -0.483. The second-order valence-electron chi connectivity index (χ2n) is 4.42. The summed E-state index contributed by atoms with van der Waals surface area (Å²) in [7, 11) is 0. The highest BCUT2D eigenvalue weighted by Crippen LogP contribution is 2.27. The molecule has 0 aliphatic rings. The first kappa shape index (κ1) is 13.7. The minimum atomic E-state index is -0.628. The third kappa shape index (κ3) is 3.20. The van der Waals surface area contributed by atoms with Gasteiger partial charge in [0, 0.05) is 5.92 Å². The fourth-order valence-corrected chi connectivity index (χ4v) is 1.87. The molecule has 0 heterocycles. The van der Waals surface area contributed by atoms with Crippen LogP contribution in [0.4, 0.5) is 0 Å². The first-order valence-corrected chi connectivity index (χ1v) is 6.06. The molecular formula is C16H16O3. The molecule has 0 saturated heterocycles. The highest BCUT2D eigenvalue weighted by molar-refractivity contribution is 5.43. The van der Waals surface area contributed by atoms with Crippen LogP contribution in [-0.2, 0) is 0 Å². The molecule has 0 aliphatic heterocycles. The van der Waals surface area contributed by atoms with E-state index in [9.17, 15) is 5.11 Å². The Morgan fingerprint density at radius 1 is 0.842 bits per heavy atom. The van der Waals surface area contributed by atoms with Crippen molar-refractivity contribution >= 4 is 0 Å². The number of hydrogen-bond donors (Lipinski definition) is 3. The van der Waals surface area contributed by atoms with Gasteiger partial charge in [0.25, 0.3) is 0 Å². The highest BCUT2D eigenvalue weighted by atomic mass is 16.5. The topological polar surface area (TPSA) is 60.7 Å². The van der Waals surface area contributed by atoms with E-state index in [1.54, 1.807) is 31.2 Å². The van der Waals surface area contributed by atoms with E-state index in [2.05, 4.69) is 0 Å². The van der Waals surface area contributed by atoms with Gasteiger partial charge in [0.15, 0.2) is 6.10 Å². The highest BCUT2D eigenvalue weighted by Gasteiger charge is 2.17. The number of rotatable bonds is 4. The smallest absolute Gasteiger partial charge is 0.225 e. The van der Waals surface area contributed by atoms with Crippen molar-refractivity contribution in [2.24, 2.45) is 0 Å². The number of aliphatic hydroxyl groups is 3. The molecule has 2 aromatic rings. The minimum absolute atomic E-state index is 0.173. The molecule has 0 amide bonds. The van der Waals surface area contributed by atoms with E-state index in [1.165, 1.54) is 0 Å². The summed E-state index contributed by atoms with van der Waals surface area (Å²) in [6.07, 6.45) is -0.455. The minimum Gasteiger partial charge on any atom is -0.377 e. The molecule has 3 nitrogen and oxygen atoms in total. The molecule has 0 aromatic heterocycles. The number of hydrogen-bond acceptors (Lipinski definition) is 3. The van der Waals surface area contributed by atoms with E-state index in [0.29, 0.717) is 5.56 Å². The van der Waals surface area contributed by atoms with Gasteiger partial charge in [-0.15, -0.1) is 0 Å². The van der Waals surface area contributed by atoms with Gasteiger partial charge in [-0.1, -0.05) is 61.5 Å². The molecule has 3 N–H and O–H groups in total. The standard InChI is InChI=1S/C16H16O3/c1-11(16(18)19)13-8-5-9-14(10-13)15(17)12-6-3-2-4-7-12/h2-11,17-19H,1H3. The Morgan fingerprint density at radius 2 is 1.47 bits per heavy atom. The van der Waals surface area contributed by atoms with Crippen LogP contribution in [0, 0.1) is 12.4 Å². The monoisotopic (exact) mass is 256 g/mol. The maximum atomic E-state index is 10.2. The lowest BCUT2D eigenvalue weighted by atomic mass is 9.94. The summed E-state index contributed by atoms with van der Waals surface area (Å²) >= 11 is 0. The van der Waals surface area contributed by atoms with Crippen molar-refractivity contribution in [2.75, 3.05) is 0 Å². The molecule has 0 spiro atoms. The normalized spacial score (nSPS) is 12.9. The lowest BCUT2D eigenvalue weighted by Gasteiger charge is -2.15. The molecule has 1 unspecified atom stereocenters. The van der Waals surface area contributed by atoms with E-state index in [1.807, 2.05) is 30.3 Å². The van der Waals surface area contributed by atoms with Gasteiger partial charge in [-0.3, -0.25) is 0 Å². The fourth-order valence-electron chi connectivity index (χ4n) is 1.87. The van der Waals surface area contributed by atoms with E-state index in [0.717, 1.165) is 11.1 Å². The predicted octanol–water partition coefficient (Wildman–Crippen LogP) is 3.33. The lowest BCUT2D eigenvalue weighted by molar-refractivity contribution is 0.0617. The fraction of sp³-hybridized carbons (Fsp3) is 0.125. The van der Waals surface area contributed by atoms with E-state index < -0.39 is 12.2 Å². The zero-order valence-corrected chi connectivity index (χ0v) is 10.6. The molecule has 98 valence electrons. The third-order valence-corrected chi connectivity index (χ3v) is 3.09. The summed E-state index contributed by atoms with van der Waals surface area (Å²) in [4.78, 5) is 0. The van der Waals surface area contributed by atoms with Crippen LogP contribution in [0.1, 0.15) is 29.5 Å². The largest absolute Gasteiger partial charge is 0.377 e. The van der Waals surface area contributed by atoms with Crippen LogP contribution in [-0.4, -0.2) is 15.3 Å². The molecule has 0 aliphatic carbocycles. The molecule has 0 saturated carbocycles. The van der Waals surface area contributed by atoms with Crippen molar-refractivity contribution in [1.82, 2.24) is 0 Å². The van der Waals surface area contributed by atoms with Crippen LogP contribution < -0.4 is 0 Å². The average molecular weight is 256 g/mol. The van der Waals surface area contributed by atoms with E-state index >= 15 is 0 Å². The first-order chi connectivity index (χ1) is 9.09. The first-order valence-electron chi connectivity index (χ1n) is 6.06. The van der Waals surface area contributed by atoms with Crippen molar-refractivity contribution in [1.29, 1.82) is 0 Å². The van der Waals surface area contributed by atoms with Gasteiger partial charge < -0.3 is 15.3 Å². The number of aliphatic hydroxyl groups excluding tert-OH is 2. The van der Waals surface area contributed by atoms with Crippen LogP contribution in [0.5, 0.6) is 0 Å². The zero-order chi connectivity index (χ0) is 13.8. The van der Waals surface area contributed by atoms with Gasteiger partial charge in [-0.05, 0) is 16.7 Å². The Kier molecular flexibility index (Phi) is 4.32. The number of benzene rings is 2. The summed E-state index contributed by atoms with van der Waals surface area (Å²) in [6, 6.07) is 16.3. The van der Waals surface area contributed by atoms with Crippen molar-refractivity contribution in [3.8, 4) is 0 Å². The maximum Gasteiger partial charge on any atom is 0.225 e. The Morgan fingerprint density at radius 3 is 2.11 bits per heavy atom. The van der Waals surface area contributed by atoms with Gasteiger partial charge in [-0.25, -0.2) is 0 Å². The van der Waals surface area contributed by atoms with Crippen molar-refractivity contribution in [3.63, 3.8) is 0 Å². The lowest BCUT2D eigenvalue weighted by Crippen LogP contribution is -2.07. The summed E-state index contributed by atoms with van der Waals surface area (Å²) < 4.78 is 0.